The Morgan fingerprint density at radius 1 is 1.00 bits per heavy atom. The van der Waals surface area contributed by atoms with Crippen molar-refractivity contribution in [2.45, 2.75) is 89.8 Å². The molecule has 0 aromatic heterocycles. The van der Waals surface area contributed by atoms with Gasteiger partial charge in [-0.05, 0) is 25.7 Å². The van der Waals surface area contributed by atoms with Gasteiger partial charge in [0.25, 0.3) is 0 Å². The average Bonchev–Trinajstić information content (AvgIpc) is 2.40. The number of hydrogen-bond acceptors (Lipinski definition) is 2. The summed E-state index contributed by atoms with van der Waals surface area (Å²) in [4.78, 5) is 12.6. The summed E-state index contributed by atoms with van der Waals surface area (Å²) in [5.41, 5.74) is -0.422. The van der Waals surface area contributed by atoms with Crippen molar-refractivity contribution in [2.24, 2.45) is 5.92 Å². The van der Waals surface area contributed by atoms with Crippen molar-refractivity contribution in [2.75, 3.05) is 0 Å². The van der Waals surface area contributed by atoms with E-state index in [0.29, 0.717) is 11.9 Å². The maximum absolute atomic E-state index is 12.6. The zero-order chi connectivity index (χ0) is 13.0. The second kappa shape index (κ2) is 6.18. The van der Waals surface area contributed by atoms with E-state index in [1.165, 1.54) is 25.7 Å². The summed E-state index contributed by atoms with van der Waals surface area (Å²) in [6, 6.07) is 0. The molecule has 0 heterocycles. The van der Waals surface area contributed by atoms with Gasteiger partial charge < -0.3 is 4.74 Å². The van der Waals surface area contributed by atoms with E-state index in [4.69, 9.17) is 4.74 Å². The molecule has 0 aromatic rings. The maximum Gasteiger partial charge on any atom is 0.167 e. The van der Waals surface area contributed by atoms with Crippen LogP contribution in [0.4, 0.5) is 0 Å². The summed E-state index contributed by atoms with van der Waals surface area (Å²) in [7, 11) is 0. The van der Waals surface area contributed by atoms with Crippen LogP contribution in [-0.4, -0.2) is 17.5 Å². The highest BCUT2D eigenvalue weighted by atomic mass is 16.5. The quantitative estimate of drug-likeness (QED) is 0.747. The van der Waals surface area contributed by atoms with E-state index in [1.807, 2.05) is 13.8 Å². The molecular formula is C16H28O2. The Kier molecular flexibility index (Phi) is 4.83. The van der Waals surface area contributed by atoms with Crippen molar-refractivity contribution in [3.63, 3.8) is 0 Å². The number of carbonyl (C=O) groups excluding carboxylic acids is 1. The first-order valence-electron chi connectivity index (χ1n) is 7.86. The fourth-order valence-corrected chi connectivity index (χ4v) is 3.57. The highest BCUT2D eigenvalue weighted by Crippen LogP contribution is 2.37. The Hall–Kier alpha value is -0.370. The summed E-state index contributed by atoms with van der Waals surface area (Å²) in [5, 5.41) is 0. The standard InChI is InChI=1S/C16H28O2/c1-13(2)15(17)16(11-7-4-8-12-16)18-14-9-5-3-6-10-14/h13-14H,3-12H2,1-2H3. The summed E-state index contributed by atoms with van der Waals surface area (Å²) >= 11 is 0. The van der Waals surface area contributed by atoms with Crippen LogP contribution in [0.3, 0.4) is 0 Å². The molecule has 0 aromatic carbocycles. The van der Waals surface area contributed by atoms with Gasteiger partial charge in [0, 0.05) is 5.92 Å². The minimum absolute atomic E-state index is 0.103. The van der Waals surface area contributed by atoms with Gasteiger partial charge in [0.05, 0.1) is 6.10 Å². The van der Waals surface area contributed by atoms with Crippen LogP contribution in [0.15, 0.2) is 0 Å². The number of rotatable bonds is 4. The average molecular weight is 252 g/mol. The van der Waals surface area contributed by atoms with Crippen LogP contribution < -0.4 is 0 Å². The Morgan fingerprint density at radius 3 is 2.11 bits per heavy atom. The Balaban J connectivity index is 2.05. The molecular weight excluding hydrogens is 224 g/mol. The van der Waals surface area contributed by atoms with Gasteiger partial charge in [0.1, 0.15) is 5.60 Å². The van der Waals surface area contributed by atoms with Crippen LogP contribution in [-0.2, 0) is 9.53 Å². The molecule has 0 saturated heterocycles. The molecule has 2 aliphatic carbocycles. The second-order valence-electron chi connectivity index (χ2n) is 6.45. The van der Waals surface area contributed by atoms with Gasteiger partial charge >= 0.3 is 0 Å². The lowest BCUT2D eigenvalue weighted by atomic mass is 9.77. The summed E-state index contributed by atoms with van der Waals surface area (Å²) < 4.78 is 6.39. The van der Waals surface area contributed by atoms with Gasteiger partial charge in [-0.25, -0.2) is 0 Å². The predicted octanol–water partition coefficient (Wildman–Crippen LogP) is 4.26. The van der Waals surface area contributed by atoms with Gasteiger partial charge in [-0.2, -0.15) is 0 Å². The van der Waals surface area contributed by atoms with Gasteiger partial charge in [-0.3, -0.25) is 4.79 Å². The molecule has 2 saturated carbocycles. The van der Waals surface area contributed by atoms with Crippen LogP contribution in [0.1, 0.15) is 78.1 Å². The molecule has 2 fully saturated rings. The lowest BCUT2D eigenvalue weighted by Crippen LogP contribution is -2.48. The number of carbonyl (C=O) groups is 1. The summed E-state index contributed by atoms with van der Waals surface area (Å²) in [5.74, 6) is 0.458. The highest BCUT2D eigenvalue weighted by molar-refractivity contribution is 5.89. The van der Waals surface area contributed by atoms with Gasteiger partial charge in [0.2, 0.25) is 0 Å². The van der Waals surface area contributed by atoms with Crippen LogP contribution in [0, 0.1) is 5.92 Å². The molecule has 2 heteroatoms. The molecule has 18 heavy (non-hydrogen) atoms. The van der Waals surface area contributed by atoms with Gasteiger partial charge in [0.15, 0.2) is 5.78 Å². The first-order valence-corrected chi connectivity index (χ1v) is 7.86. The van der Waals surface area contributed by atoms with Gasteiger partial charge in [-0.15, -0.1) is 0 Å². The smallest absolute Gasteiger partial charge is 0.167 e. The van der Waals surface area contributed by atoms with Crippen molar-refractivity contribution >= 4 is 5.78 Å². The van der Waals surface area contributed by atoms with Crippen molar-refractivity contribution in [3.8, 4) is 0 Å². The Bertz CT molecular complexity index is 271. The third kappa shape index (κ3) is 3.14. The Labute approximate surface area is 111 Å². The molecule has 0 bridgehead atoms. The molecule has 0 N–H and O–H groups in total. The second-order valence-corrected chi connectivity index (χ2v) is 6.45. The normalized spacial score (nSPS) is 25.3. The molecule has 0 radical (unpaired) electrons. The molecule has 0 aliphatic heterocycles. The van der Waals surface area contributed by atoms with Crippen molar-refractivity contribution in [1.82, 2.24) is 0 Å². The topological polar surface area (TPSA) is 26.3 Å². The maximum atomic E-state index is 12.6. The zero-order valence-electron chi connectivity index (χ0n) is 12.0. The molecule has 2 nitrogen and oxygen atoms in total. The van der Waals surface area contributed by atoms with Crippen molar-refractivity contribution in [1.29, 1.82) is 0 Å². The monoisotopic (exact) mass is 252 g/mol. The van der Waals surface area contributed by atoms with Crippen molar-refractivity contribution in [3.05, 3.63) is 0 Å². The zero-order valence-corrected chi connectivity index (χ0v) is 12.0. The van der Waals surface area contributed by atoms with E-state index in [1.54, 1.807) is 0 Å². The van der Waals surface area contributed by atoms with Crippen LogP contribution >= 0.6 is 0 Å². The van der Waals surface area contributed by atoms with E-state index in [0.717, 1.165) is 38.5 Å². The SMILES string of the molecule is CC(C)C(=O)C1(OC2CCCCC2)CCCCC1. The molecule has 104 valence electrons. The molecule has 0 spiro atoms. The number of ether oxygens (including phenoxy) is 1. The first-order chi connectivity index (χ1) is 8.64. The predicted molar refractivity (Wildman–Crippen MR) is 73.6 cm³/mol. The number of ketones is 1. The van der Waals surface area contributed by atoms with E-state index in [9.17, 15) is 4.79 Å². The molecule has 2 rings (SSSR count). The van der Waals surface area contributed by atoms with Crippen molar-refractivity contribution < 1.29 is 9.53 Å². The molecule has 0 unspecified atom stereocenters. The van der Waals surface area contributed by atoms with Crippen LogP contribution in [0.2, 0.25) is 0 Å². The third-order valence-corrected chi connectivity index (χ3v) is 4.58. The molecule has 2 aliphatic rings. The van der Waals surface area contributed by atoms with E-state index < -0.39 is 5.60 Å². The lowest BCUT2D eigenvalue weighted by molar-refractivity contribution is -0.166. The largest absolute Gasteiger partial charge is 0.364 e. The van der Waals surface area contributed by atoms with Crippen LogP contribution in [0.5, 0.6) is 0 Å². The minimum atomic E-state index is -0.422. The van der Waals surface area contributed by atoms with Gasteiger partial charge in [-0.1, -0.05) is 52.4 Å². The third-order valence-electron chi connectivity index (χ3n) is 4.58. The fourth-order valence-electron chi connectivity index (χ4n) is 3.57. The highest BCUT2D eigenvalue weighted by Gasteiger charge is 2.43. The number of hydrogen-bond donors (Lipinski definition) is 0. The van der Waals surface area contributed by atoms with E-state index in [2.05, 4.69) is 0 Å². The minimum Gasteiger partial charge on any atom is -0.364 e. The first kappa shape index (κ1) is 14.0. The van der Waals surface area contributed by atoms with E-state index >= 15 is 0 Å². The van der Waals surface area contributed by atoms with Crippen LogP contribution in [0.25, 0.3) is 0 Å². The Morgan fingerprint density at radius 2 is 1.56 bits per heavy atom. The lowest BCUT2D eigenvalue weighted by Gasteiger charge is -2.40. The summed E-state index contributed by atoms with van der Waals surface area (Å²) in [6.07, 6.45) is 12.1. The van der Waals surface area contributed by atoms with E-state index in [-0.39, 0.29) is 5.92 Å². The molecule has 0 amide bonds. The summed E-state index contributed by atoms with van der Waals surface area (Å²) in [6.45, 7) is 4.03. The fraction of sp³-hybridized carbons (Fsp3) is 0.938. The number of Topliss-reactive ketones (excluding diaryl/α,β-unsaturated/α-hetero) is 1. The molecule has 0 atom stereocenters.